The molecule has 1 aliphatic rings. The normalized spacial score (nSPS) is 18.7. The molecule has 24 heavy (non-hydrogen) atoms. The number of halogens is 1. The Balaban J connectivity index is 1.90. The van der Waals surface area contributed by atoms with Gasteiger partial charge in [0.05, 0.1) is 17.5 Å². The quantitative estimate of drug-likeness (QED) is 0.826. The molecule has 0 spiro atoms. The molecule has 0 amide bonds. The average molecular weight is 349 g/mol. The number of hydrogen-bond donors (Lipinski definition) is 0. The van der Waals surface area contributed by atoms with Gasteiger partial charge in [0.25, 0.3) is 0 Å². The molecule has 1 saturated heterocycles. The van der Waals surface area contributed by atoms with Gasteiger partial charge >= 0.3 is 0 Å². The van der Waals surface area contributed by atoms with Gasteiger partial charge in [-0.25, -0.2) is 12.8 Å². The maximum atomic E-state index is 13.5. The van der Waals surface area contributed by atoms with Crippen LogP contribution in [0.2, 0.25) is 0 Å². The highest BCUT2D eigenvalue weighted by atomic mass is 32.2. The summed E-state index contributed by atoms with van der Waals surface area (Å²) >= 11 is 0. The molecule has 1 aliphatic heterocycles. The number of benzene rings is 2. The van der Waals surface area contributed by atoms with Crippen molar-refractivity contribution in [3.05, 3.63) is 59.9 Å². The lowest BCUT2D eigenvalue weighted by atomic mass is 10.1. The summed E-state index contributed by atoms with van der Waals surface area (Å²) in [6, 6.07) is 12.3. The highest BCUT2D eigenvalue weighted by Crippen LogP contribution is 2.36. The van der Waals surface area contributed by atoms with Crippen LogP contribution < -0.4 is 4.74 Å². The van der Waals surface area contributed by atoms with E-state index in [1.807, 2.05) is 6.92 Å². The van der Waals surface area contributed by atoms with E-state index in [1.54, 1.807) is 36.4 Å². The molecule has 0 bridgehead atoms. The van der Waals surface area contributed by atoms with E-state index in [9.17, 15) is 12.8 Å². The summed E-state index contributed by atoms with van der Waals surface area (Å²) in [6.45, 7) is 2.84. The molecule has 0 aliphatic carbocycles. The van der Waals surface area contributed by atoms with E-state index in [0.717, 1.165) is 6.42 Å². The standard InChI is InChI=1S/C18H20FNO3S/c1-2-23-16-8-10-17(11-9-16)24(21,22)20-12-4-7-18(20)14-5-3-6-15(19)13-14/h3,5-6,8-11,13,18H,2,4,7,12H2,1H3. The Morgan fingerprint density at radius 3 is 2.62 bits per heavy atom. The van der Waals surface area contributed by atoms with Gasteiger partial charge in [0, 0.05) is 6.54 Å². The van der Waals surface area contributed by atoms with E-state index >= 15 is 0 Å². The summed E-state index contributed by atoms with van der Waals surface area (Å²) in [5.41, 5.74) is 0.696. The van der Waals surface area contributed by atoms with Crippen LogP contribution in [0.5, 0.6) is 5.75 Å². The predicted molar refractivity (Wildman–Crippen MR) is 89.9 cm³/mol. The van der Waals surface area contributed by atoms with E-state index in [4.69, 9.17) is 4.74 Å². The molecule has 3 rings (SSSR count). The van der Waals surface area contributed by atoms with Crippen LogP contribution in [0.3, 0.4) is 0 Å². The monoisotopic (exact) mass is 349 g/mol. The first-order valence-electron chi connectivity index (χ1n) is 8.02. The molecule has 1 unspecified atom stereocenters. The van der Waals surface area contributed by atoms with Crippen molar-refractivity contribution in [3.63, 3.8) is 0 Å². The van der Waals surface area contributed by atoms with Gasteiger partial charge in [0.1, 0.15) is 11.6 Å². The summed E-state index contributed by atoms with van der Waals surface area (Å²) in [5.74, 6) is 0.289. The lowest BCUT2D eigenvalue weighted by molar-refractivity contribution is 0.340. The van der Waals surface area contributed by atoms with Crippen molar-refractivity contribution in [2.45, 2.75) is 30.7 Å². The fraction of sp³-hybridized carbons (Fsp3) is 0.333. The van der Waals surface area contributed by atoms with E-state index < -0.39 is 10.0 Å². The van der Waals surface area contributed by atoms with Gasteiger partial charge in [-0.2, -0.15) is 4.31 Å². The summed E-state index contributed by atoms with van der Waals surface area (Å²) in [4.78, 5) is 0.231. The number of hydrogen-bond acceptors (Lipinski definition) is 3. The Hall–Kier alpha value is -1.92. The molecular formula is C18H20FNO3S. The van der Waals surface area contributed by atoms with E-state index in [2.05, 4.69) is 0 Å². The van der Waals surface area contributed by atoms with E-state index in [1.165, 1.54) is 16.4 Å². The zero-order valence-electron chi connectivity index (χ0n) is 13.5. The van der Waals surface area contributed by atoms with Crippen LogP contribution >= 0.6 is 0 Å². The first-order valence-corrected chi connectivity index (χ1v) is 9.46. The van der Waals surface area contributed by atoms with Gasteiger partial charge in [-0.1, -0.05) is 12.1 Å². The fourth-order valence-electron chi connectivity index (χ4n) is 3.08. The Bertz CT molecular complexity index is 805. The first-order chi connectivity index (χ1) is 11.5. The summed E-state index contributed by atoms with van der Waals surface area (Å²) in [6.07, 6.45) is 1.46. The van der Waals surface area contributed by atoms with Crippen LogP contribution in [-0.4, -0.2) is 25.9 Å². The number of ether oxygens (including phenoxy) is 1. The molecule has 4 nitrogen and oxygen atoms in total. The molecule has 1 fully saturated rings. The second-order valence-corrected chi connectivity index (χ2v) is 7.62. The third-order valence-corrected chi connectivity index (χ3v) is 6.10. The fourth-order valence-corrected chi connectivity index (χ4v) is 4.77. The predicted octanol–water partition coefficient (Wildman–Crippen LogP) is 3.75. The zero-order chi connectivity index (χ0) is 17.2. The number of nitrogens with zero attached hydrogens (tertiary/aromatic N) is 1. The number of rotatable bonds is 5. The van der Waals surface area contributed by atoms with Gasteiger partial charge in [0.2, 0.25) is 10.0 Å². The maximum Gasteiger partial charge on any atom is 0.243 e. The largest absolute Gasteiger partial charge is 0.494 e. The zero-order valence-corrected chi connectivity index (χ0v) is 14.3. The molecule has 1 atom stereocenters. The summed E-state index contributed by atoms with van der Waals surface area (Å²) in [7, 11) is -3.63. The topological polar surface area (TPSA) is 46.6 Å². The van der Waals surface area contributed by atoms with Crippen LogP contribution in [0.15, 0.2) is 53.4 Å². The smallest absolute Gasteiger partial charge is 0.243 e. The molecule has 128 valence electrons. The van der Waals surface area contributed by atoms with Gasteiger partial charge < -0.3 is 4.74 Å². The highest BCUT2D eigenvalue weighted by molar-refractivity contribution is 7.89. The van der Waals surface area contributed by atoms with Crippen LogP contribution in [0.25, 0.3) is 0 Å². The lowest BCUT2D eigenvalue weighted by Crippen LogP contribution is -2.30. The molecule has 2 aromatic rings. The summed E-state index contributed by atoms with van der Waals surface area (Å²) < 4.78 is 46.3. The third kappa shape index (κ3) is 3.30. The molecule has 0 N–H and O–H groups in total. The minimum absolute atomic E-state index is 0.231. The van der Waals surface area contributed by atoms with Crippen molar-refractivity contribution in [1.82, 2.24) is 4.31 Å². The van der Waals surface area contributed by atoms with Gasteiger partial charge in [-0.3, -0.25) is 0 Å². The van der Waals surface area contributed by atoms with Crippen molar-refractivity contribution >= 4 is 10.0 Å². The SMILES string of the molecule is CCOc1ccc(S(=O)(=O)N2CCCC2c2cccc(F)c2)cc1. The lowest BCUT2D eigenvalue weighted by Gasteiger charge is -2.24. The van der Waals surface area contributed by atoms with Crippen molar-refractivity contribution in [3.8, 4) is 5.75 Å². The third-order valence-electron chi connectivity index (χ3n) is 4.18. The molecule has 0 radical (unpaired) electrons. The minimum Gasteiger partial charge on any atom is -0.494 e. The van der Waals surface area contributed by atoms with E-state index in [-0.39, 0.29) is 16.8 Å². The van der Waals surface area contributed by atoms with Crippen molar-refractivity contribution in [2.24, 2.45) is 0 Å². The van der Waals surface area contributed by atoms with Crippen LogP contribution in [-0.2, 0) is 10.0 Å². The molecule has 0 saturated carbocycles. The van der Waals surface area contributed by atoms with Crippen molar-refractivity contribution in [2.75, 3.05) is 13.2 Å². The Labute approximate surface area is 141 Å². The van der Waals surface area contributed by atoms with Gasteiger partial charge in [-0.05, 0) is 61.7 Å². The van der Waals surface area contributed by atoms with Gasteiger partial charge in [0.15, 0.2) is 0 Å². The molecule has 0 aromatic heterocycles. The van der Waals surface area contributed by atoms with Crippen molar-refractivity contribution < 1.29 is 17.5 Å². The summed E-state index contributed by atoms with van der Waals surface area (Å²) in [5, 5.41) is 0. The maximum absolute atomic E-state index is 13.5. The Kier molecular flexibility index (Phi) is 4.87. The second kappa shape index (κ2) is 6.91. The number of sulfonamides is 1. The van der Waals surface area contributed by atoms with Crippen LogP contribution in [0, 0.1) is 5.82 Å². The van der Waals surface area contributed by atoms with E-state index in [0.29, 0.717) is 30.9 Å². The Morgan fingerprint density at radius 1 is 1.21 bits per heavy atom. The van der Waals surface area contributed by atoms with Gasteiger partial charge in [-0.15, -0.1) is 0 Å². The van der Waals surface area contributed by atoms with Crippen molar-refractivity contribution in [1.29, 1.82) is 0 Å². The van der Waals surface area contributed by atoms with Crippen LogP contribution in [0.4, 0.5) is 4.39 Å². The molecule has 2 aromatic carbocycles. The first kappa shape index (κ1) is 16.9. The Morgan fingerprint density at radius 2 is 1.96 bits per heavy atom. The molecular weight excluding hydrogens is 329 g/mol. The molecule has 1 heterocycles. The molecule has 6 heteroatoms. The van der Waals surface area contributed by atoms with Crippen LogP contribution in [0.1, 0.15) is 31.4 Å². The second-order valence-electron chi connectivity index (χ2n) is 5.73. The highest BCUT2D eigenvalue weighted by Gasteiger charge is 2.36. The minimum atomic E-state index is -3.63. The average Bonchev–Trinajstić information content (AvgIpc) is 3.06.